The Morgan fingerprint density at radius 2 is 2.22 bits per heavy atom. The normalized spacial score (nSPS) is 22.8. The monoisotopic (exact) mass is 316 g/mol. The fraction of sp³-hybridized carbons (Fsp3) is 0.588. The van der Waals surface area contributed by atoms with Gasteiger partial charge < -0.3 is 9.64 Å². The maximum Gasteiger partial charge on any atom is 0.274 e. The van der Waals surface area contributed by atoms with E-state index in [4.69, 9.17) is 4.74 Å². The Kier molecular flexibility index (Phi) is 4.10. The molecule has 1 saturated carbocycles. The van der Waals surface area contributed by atoms with Crippen LogP contribution in [0.5, 0.6) is 0 Å². The molecule has 2 aromatic rings. The number of rotatable bonds is 5. The standard InChI is InChI=1S/C17H24N4O2/c1-5-17(6-2)13(10-14(17)23-4)20(3)15(22)12-11-21-9-7-8-18-16(21)19-12/h7-9,11,13-14H,5-6,10H2,1-4H3/t13-,14+/m1/s1. The van der Waals surface area contributed by atoms with Crippen molar-refractivity contribution in [2.75, 3.05) is 14.2 Å². The summed E-state index contributed by atoms with van der Waals surface area (Å²) in [4.78, 5) is 23.2. The molecule has 0 bridgehead atoms. The van der Waals surface area contributed by atoms with Gasteiger partial charge in [0.15, 0.2) is 0 Å². The summed E-state index contributed by atoms with van der Waals surface area (Å²) in [6.45, 7) is 4.35. The molecular formula is C17H24N4O2. The van der Waals surface area contributed by atoms with E-state index >= 15 is 0 Å². The van der Waals surface area contributed by atoms with Crippen LogP contribution in [0.25, 0.3) is 5.78 Å². The predicted octanol–water partition coefficient (Wildman–Crippen LogP) is 2.40. The topological polar surface area (TPSA) is 59.7 Å². The van der Waals surface area contributed by atoms with Crippen LogP contribution in [-0.2, 0) is 4.74 Å². The van der Waals surface area contributed by atoms with Crippen LogP contribution in [0.1, 0.15) is 43.6 Å². The van der Waals surface area contributed by atoms with Crippen LogP contribution in [0.4, 0.5) is 0 Å². The van der Waals surface area contributed by atoms with Crippen LogP contribution >= 0.6 is 0 Å². The molecule has 2 aromatic heterocycles. The first-order chi connectivity index (χ1) is 11.1. The molecule has 2 heterocycles. The second-order valence-electron chi connectivity index (χ2n) is 6.29. The summed E-state index contributed by atoms with van der Waals surface area (Å²) in [6.07, 6.45) is 8.36. The third-order valence-corrected chi connectivity index (χ3v) is 5.59. The van der Waals surface area contributed by atoms with Crippen molar-refractivity contribution in [3.63, 3.8) is 0 Å². The molecule has 6 heteroatoms. The van der Waals surface area contributed by atoms with E-state index in [1.165, 1.54) is 0 Å². The average Bonchev–Trinajstić information content (AvgIpc) is 2.99. The maximum atomic E-state index is 12.8. The van der Waals surface area contributed by atoms with Crippen molar-refractivity contribution in [3.05, 3.63) is 30.4 Å². The van der Waals surface area contributed by atoms with Gasteiger partial charge in [-0.3, -0.25) is 9.20 Å². The minimum Gasteiger partial charge on any atom is -0.381 e. The second kappa shape index (κ2) is 5.92. The Morgan fingerprint density at radius 3 is 2.83 bits per heavy atom. The lowest BCUT2D eigenvalue weighted by Gasteiger charge is -2.57. The summed E-state index contributed by atoms with van der Waals surface area (Å²) in [5, 5.41) is 0. The predicted molar refractivity (Wildman–Crippen MR) is 87.3 cm³/mol. The van der Waals surface area contributed by atoms with Crippen molar-refractivity contribution in [1.29, 1.82) is 0 Å². The third kappa shape index (κ3) is 2.32. The molecule has 23 heavy (non-hydrogen) atoms. The zero-order valence-electron chi connectivity index (χ0n) is 14.2. The van der Waals surface area contributed by atoms with Gasteiger partial charge in [0.1, 0.15) is 5.69 Å². The molecule has 3 rings (SSSR count). The summed E-state index contributed by atoms with van der Waals surface area (Å²) in [5.41, 5.74) is 0.476. The van der Waals surface area contributed by atoms with Crippen molar-refractivity contribution < 1.29 is 9.53 Å². The number of imidazole rings is 1. The molecule has 1 aliphatic rings. The molecule has 1 amide bonds. The van der Waals surface area contributed by atoms with Crippen LogP contribution in [0.15, 0.2) is 24.7 Å². The first kappa shape index (κ1) is 15.9. The molecule has 6 nitrogen and oxygen atoms in total. The summed E-state index contributed by atoms with van der Waals surface area (Å²) < 4.78 is 7.40. The van der Waals surface area contributed by atoms with Crippen molar-refractivity contribution in [3.8, 4) is 0 Å². The molecule has 1 aliphatic carbocycles. The van der Waals surface area contributed by atoms with Crippen molar-refractivity contribution in [2.45, 2.75) is 45.3 Å². The smallest absolute Gasteiger partial charge is 0.274 e. The summed E-state index contributed by atoms with van der Waals surface area (Å²) >= 11 is 0. The largest absolute Gasteiger partial charge is 0.381 e. The maximum absolute atomic E-state index is 12.8. The van der Waals surface area contributed by atoms with E-state index < -0.39 is 0 Å². The molecular weight excluding hydrogens is 292 g/mol. The van der Waals surface area contributed by atoms with Crippen LogP contribution in [0.3, 0.4) is 0 Å². The highest BCUT2D eigenvalue weighted by atomic mass is 16.5. The van der Waals surface area contributed by atoms with Gasteiger partial charge in [0.25, 0.3) is 5.91 Å². The van der Waals surface area contributed by atoms with E-state index in [0.29, 0.717) is 11.5 Å². The van der Waals surface area contributed by atoms with Gasteiger partial charge in [0, 0.05) is 44.2 Å². The highest BCUT2D eigenvalue weighted by Gasteiger charge is 2.55. The summed E-state index contributed by atoms with van der Waals surface area (Å²) in [7, 11) is 3.63. The zero-order chi connectivity index (χ0) is 16.6. The Hall–Kier alpha value is -1.95. The minimum atomic E-state index is -0.0543. The molecule has 0 N–H and O–H groups in total. The van der Waals surface area contributed by atoms with E-state index in [9.17, 15) is 4.79 Å². The zero-order valence-corrected chi connectivity index (χ0v) is 14.2. The Bertz CT molecular complexity index is 674. The number of fused-ring (bicyclic) bond motifs is 1. The SMILES string of the molecule is CCC1(CC)[C@@H](OC)C[C@H]1N(C)C(=O)c1cn2cccnc2n1. The van der Waals surface area contributed by atoms with Crippen LogP contribution in [0.2, 0.25) is 0 Å². The lowest BCUT2D eigenvalue weighted by molar-refractivity contribution is -0.147. The van der Waals surface area contributed by atoms with E-state index in [1.807, 2.05) is 24.2 Å². The van der Waals surface area contributed by atoms with Gasteiger partial charge in [-0.2, -0.15) is 0 Å². The quantitative estimate of drug-likeness (QED) is 0.850. The van der Waals surface area contributed by atoms with Gasteiger partial charge in [-0.1, -0.05) is 13.8 Å². The number of carbonyl (C=O) groups excluding carboxylic acids is 1. The molecule has 0 aliphatic heterocycles. The number of methoxy groups -OCH3 is 1. The number of amides is 1. The highest BCUT2D eigenvalue weighted by molar-refractivity contribution is 5.93. The van der Waals surface area contributed by atoms with Gasteiger partial charge >= 0.3 is 0 Å². The summed E-state index contributed by atoms with van der Waals surface area (Å²) in [5.74, 6) is 0.492. The second-order valence-corrected chi connectivity index (χ2v) is 6.29. The van der Waals surface area contributed by atoms with Crippen LogP contribution in [0, 0.1) is 5.41 Å². The van der Waals surface area contributed by atoms with Crippen molar-refractivity contribution in [2.24, 2.45) is 5.41 Å². The number of aromatic nitrogens is 3. The van der Waals surface area contributed by atoms with Gasteiger partial charge in [0.05, 0.1) is 6.10 Å². The number of nitrogens with zero attached hydrogens (tertiary/aromatic N) is 4. The number of carbonyl (C=O) groups is 1. The number of ether oxygens (including phenoxy) is 1. The molecule has 0 saturated heterocycles. The number of hydrogen-bond donors (Lipinski definition) is 0. The third-order valence-electron chi connectivity index (χ3n) is 5.59. The Labute approximate surface area is 136 Å². The molecule has 0 aromatic carbocycles. The molecule has 2 atom stereocenters. The van der Waals surface area contributed by atoms with E-state index in [1.54, 1.807) is 23.9 Å². The van der Waals surface area contributed by atoms with Crippen molar-refractivity contribution >= 4 is 11.7 Å². The first-order valence-corrected chi connectivity index (χ1v) is 8.17. The molecule has 1 fully saturated rings. The fourth-order valence-electron chi connectivity index (χ4n) is 4.03. The van der Waals surface area contributed by atoms with Crippen molar-refractivity contribution in [1.82, 2.24) is 19.3 Å². The molecule has 0 spiro atoms. The molecule has 0 unspecified atom stereocenters. The van der Waals surface area contributed by atoms with Gasteiger partial charge in [-0.05, 0) is 25.3 Å². The van der Waals surface area contributed by atoms with Gasteiger partial charge in [0.2, 0.25) is 5.78 Å². The first-order valence-electron chi connectivity index (χ1n) is 8.17. The Balaban J connectivity index is 1.85. The van der Waals surface area contributed by atoms with Gasteiger partial charge in [-0.15, -0.1) is 0 Å². The number of hydrogen-bond acceptors (Lipinski definition) is 4. The average molecular weight is 316 g/mol. The van der Waals surface area contributed by atoms with Gasteiger partial charge in [-0.25, -0.2) is 9.97 Å². The van der Waals surface area contributed by atoms with E-state index in [2.05, 4.69) is 23.8 Å². The van der Waals surface area contributed by atoms with Crippen LogP contribution in [-0.4, -0.2) is 51.5 Å². The van der Waals surface area contributed by atoms with E-state index in [-0.39, 0.29) is 23.5 Å². The van der Waals surface area contributed by atoms with Crippen LogP contribution < -0.4 is 0 Å². The molecule has 124 valence electrons. The summed E-state index contributed by atoms with van der Waals surface area (Å²) in [6, 6.07) is 2.01. The van der Waals surface area contributed by atoms with E-state index in [0.717, 1.165) is 19.3 Å². The molecule has 0 radical (unpaired) electrons. The lowest BCUT2D eigenvalue weighted by atomic mass is 9.58. The fourth-order valence-corrected chi connectivity index (χ4v) is 4.03. The minimum absolute atomic E-state index is 0.0383. The highest BCUT2D eigenvalue weighted by Crippen LogP contribution is 2.51. The Morgan fingerprint density at radius 1 is 1.48 bits per heavy atom. The lowest BCUT2D eigenvalue weighted by Crippen LogP contribution is -2.64.